The van der Waals surface area contributed by atoms with Crippen LogP contribution in [-0.2, 0) is 4.79 Å². The number of hydrogen-bond donors (Lipinski definition) is 0. The van der Waals surface area contributed by atoms with E-state index < -0.39 is 5.97 Å². The van der Waals surface area contributed by atoms with E-state index in [-0.39, 0.29) is 22.7 Å². The number of esters is 1. The van der Waals surface area contributed by atoms with Crippen molar-refractivity contribution in [3.8, 4) is 17.2 Å². The molecule has 0 saturated heterocycles. The van der Waals surface area contributed by atoms with Gasteiger partial charge in [-0.2, -0.15) is 0 Å². The van der Waals surface area contributed by atoms with Crippen LogP contribution in [0.1, 0.15) is 28.4 Å². The van der Waals surface area contributed by atoms with Gasteiger partial charge in [-0.25, -0.2) is 0 Å². The fourth-order valence-corrected chi connectivity index (χ4v) is 2.86. The highest BCUT2D eigenvalue weighted by Crippen LogP contribution is 2.27. The van der Waals surface area contributed by atoms with Gasteiger partial charge in [-0.15, -0.1) is 0 Å². The smallest absolute Gasteiger partial charge is 0.308 e. The summed E-state index contributed by atoms with van der Waals surface area (Å²) in [5, 5.41) is 0. The summed E-state index contributed by atoms with van der Waals surface area (Å²) in [6.07, 6.45) is 1.49. The molecule has 0 aliphatic carbocycles. The molecule has 6 nitrogen and oxygen atoms in total. The van der Waals surface area contributed by atoms with Gasteiger partial charge in [-0.05, 0) is 36.8 Å². The molecule has 3 rings (SSSR count). The molecule has 142 valence electrons. The van der Waals surface area contributed by atoms with E-state index >= 15 is 0 Å². The van der Waals surface area contributed by atoms with Crippen molar-refractivity contribution < 1.29 is 19.1 Å². The first-order chi connectivity index (χ1) is 13.4. The zero-order valence-electron chi connectivity index (χ0n) is 15.8. The van der Waals surface area contributed by atoms with Crippen LogP contribution in [0.25, 0.3) is 5.69 Å². The molecule has 0 amide bonds. The van der Waals surface area contributed by atoms with Crippen LogP contribution >= 0.6 is 0 Å². The van der Waals surface area contributed by atoms with Crippen molar-refractivity contribution in [2.45, 2.75) is 13.8 Å². The lowest BCUT2D eigenvalue weighted by Crippen LogP contribution is -2.19. The Bertz CT molecular complexity index is 1110. The van der Waals surface area contributed by atoms with Gasteiger partial charge in [0.25, 0.3) is 5.56 Å². The highest BCUT2D eigenvalue weighted by molar-refractivity contribution is 6.11. The minimum atomic E-state index is -0.549. The zero-order valence-corrected chi connectivity index (χ0v) is 15.8. The number of benzene rings is 2. The van der Waals surface area contributed by atoms with Crippen LogP contribution in [0.4, 0.5) is 0 Å². The number of carbonyl (C=O) groups excluding carboxylic acids is 2. The van der Waals surface area contributed by atoms with E-state index in [9.17, 15) is 14.4 Å². The van der Waals surface area contributed by atoms with Crippen molar-refractivity contribution in [2.75, 3.05) is 7.11 Å². The second-order valence-electron chi connectivity index (χ2n) is 6.20. The van der Waals surface area contributed by atoms with E-state index in [0.717, 1.165) is 5.56 Å². The van der Waals surface area contributed by atoms with Gasteiger partial charge in [-0.1, -0.05) is 18.2 Å². The van der Waals surface area contributed by atoms with Crippen molar-refractivity contribution in [3.63, 3.8) is 0 Å². The highest BCUT2D eigenvalue weighted by atomic mass is 16.5. The van der Waals surface area contributed by atoms with E-state index in [0.29, 0.717) is 17.0 Å². The molecule has 0 fully saturated rings. The number of ether oxygens (including phenoxy) is 2. The van der Waals surface area contributed by atoms with Crippen LogP contribution in [-0.4, -0.2) is 23.4 Å². The van der Waals surface area contributed by atoms with Crippen LogP contribution in [0.5, 0.6) is 11.5 Å². The van der Waals surface area contributed by atoms with Crippen molar-refractivity contribution >= 4 is 11.8 Å². The molecule has 6 heteroatoms. The van der Waals surface area contributed by atoms with E-state index in [4.69, 9.17) is 9.47 Å². The molecular formula is C22H19NO5. The van der Waals surface area contributed by atoms with Gasteiger partial charge < -0.3 is 9.47 Å². The molecule has 0 radical (unpaired) electrons. The summed E-state index contributed by atoms with van der Waals surface area (Å²) >= 11 is 0. The van der Waals surface area contributed by atoms with Crippen LogP contribution in [0.3, 0.4) is 0 Å². The zero-order chi connectivity index (χ0) is 20.3. The first-order valence-corrected chi connectivity index (χ1v) is 8.60. The Morgan fingerprint density at radius 3 is 2.43 bits per heavy atom. The van der Waals surface area contributed by atoms with Gasteiger partial charge in [0, 0.05) is 30.8 Å². The molecule has 1 aromatic heterocycles. The molecule has 1 heterocycles. The van der Waals surface area contributed by atoms with Crippen LogP contribution in [0.2, 0.25) is 0 Å². The maximum Gasteiger partial charge on any atom is 0.308 e. The lowest BCUT2D eigenvalue weighted by molar-refractivity contribution is -0.131. The summed E-state index contributed by atoms with van der Waals surface area (Å²) in [6.45, 7) is 3.14. The van der Waals surface area contributed by atoms with Crippen molar-refractivity contribution in [3.05, 3.63) is 87.8 Å². The molecule has 0 aliphatic heterocycles. The Hall–Kier alpha value is -3.67. The van der Waals surface area contributed by atoms with E-state index in [2.05, 4.69) is 0 Å². The number of nitrogens with zero attached hydrogens (tertiary/aromatic N) is 1. The Balaban J connectivity index is 2.09. The van der Waals surface area contributed by atoms with E-state index in [1.54, 1.807) is 6.07 Å². The van der Waals surface area contributed by atoms with Crippen molar-refractivity contribution in [1.29, 1.82) is 0 Å². The number of hydrogen-bond acceptors (Lipinski definition) is 5. The summed E-state index contributed by atoms with van der Waals surface area (Å²) < 4.78 is 11.7. The molecular weight excluding hydrogens is 358 g/mol. The third kappa shape index (κ3) is 3.86. The molecule has 3 aromatic rings. The van der Waals surface area contributed by atoms with E-state index in [1.165, 1.54) is 49.1 Å². The SMILES string of the molecule is COc1ccc(C(=O)c2ccc(=O)n(-c3ccccc3C)c2)c(OC(C)=O)c1. The maximum atomic E-state index is 13.1. The first kappa shape index (κ1) is 19.1. The average molecular weight is 377 g/mol. The standard InChI is InChI=1S/C22H19NO5/c1-14-6-4-5-7-19(14)23-13-16(8-11-21(23)25)22(26)18-10-9-17(27-3)12-20(18)28-15(2)24/h4-13H,1-3H3. The van der Waals surface area contributed by atoms with Gasteiger partial charge in [-0.3, -0.25) is 19.0 Å². The molecule has 0 aliphatic rings. The Kier molecular flexibility index (Phi) is 5.40. The number of carbonyl (C=O) groups is 2. The lowest BCUT2D eigenvalue weighted by atomic mass is 10.0. The van der Waals surface area contributed by atoms with Crippen LogP contribution in [0.15, 0.2) is 65.6 Å². The molecule has 0 spiro atoms. The molecule has 0 atom stereocenters. The molecule has 0 unspecified atom stereocenters. The Morgan fingerprint density at radius 2 is 1.75 bits per heavy atom. The minimum absolute atomic E-state index is 0.102. The number of methoxy groups -OCH3 is 1. The molecule has 2 aromatic carbocycles. The number of aryl methyl sites for hydroxylation is 1. The van der Waals surface area contributed by atoms with E-state index in [1.807, 2.05) is 31.2 Å². The van der Waals surface area contributed by atoms with Gasteiger partial charge in [0.2, 0.25) is 0 Å². The van der Waals surface area contributed by atoms with Crippen LogP contribution in [0, 0.1) is 6.92 Å². The fraction of sp³-hybridized carbons (Fsp3) is 0.136. The summed E-state index contributed by atoms with van der Waals surface area (Å²) in [6, 6.07) is 14.8. The van der Waals surface area contributed by atoms with Gasteiger partial charge >= 0.3 is 5.97 Å². The predicted molar refractivity (Wildman–Crippen MR) is 105 cm³/mol. The molecule has 0 bridgehead atoms. The fourth-order valence-electron chi connectivity index (χ4n) is 2.86. The number of para-hydroxylation sites is 1. The highest BCUT2D eigenvalue weighted by Gasteiger charge is 2.18. The number of pyridine rings is 1. The summed E-state index contributed by atoms with van der Waals surface area (Å²) in [4.78, 5) is 36.9. The number of ketones is 1. The molecule has 0 saturated carbocycles. The number of aromatic nitrogens is 1. The van der Waals surface area contributed by atoms with Crippen molar-refractivity contribution in [2.24, 2.45) is 0 Å². The van der Waals surface area contributed by atoms with Crippen LogP contribution < -0.4 is 15.0 Å². The summed E-state index contributed by atoms with van der Waals surface area (Å²) in [5.74, 6) is -0.364. The predicted octanol–water partition coefficient (Wildman–Crippen LogP) is 3.31. The minimum Gasteiger partial charge on any atom is -0.497 e. The summed E-state index contributed by atoms with van der Waals surface area (Å²) in [5.41, 5.74) is 1.84. The Labute approximate surface area is 162 Å². The molecule has 28 heavy (non-hydrogen) atoms. The van der Waals surface area contributed by atoms with Gasteiger partial charge in [0.15, 0.2) is 5.78 Å². The largest absolute Gasteiger partial charge is 0.497 e. The number of rotatable bonds is 5. The maximum absolute atomic E-state index is 13.1. The second-order valence-corrected chi connectivity index (χ2v) is 6.20. The van der Waals surface area contributed by atoms with Gasteiger partial charge in [0.1, 0.15) is 11.5 Å². The lowest BCUT2D eigenvalue weighted by Gasteiger charge is -2.12. The third-order valence-corrected chi connectivity index (χ3v) is 4.24. The first-order valence-electron chi connectivity index (χ1n) is 8.60. The average Bonchev–Trinajstić information content (AvgIpc) is 2.68. The normalized spacial score (nSPS) is 10.4. The topological polar surface area (TPSA) is 74.6 Å². The monoisotopic (exact) mass is 377 g/mol. The second kappa shape index (κ2) is 7.92. The quantitative estimate of drug-likeness (QED) is 0.387. The van der Waals surface area contributed by atoms with Crippen molar-refractivity contribution in [1.82, 2.24) is 4.57 Å². The van der Waals surface area contributed by atoms with Gasteiger partial charge in [0.05, 0.1) is 18.4 Å². The summed E-state index contributed by atoms with van der Waals surface area (Å²) in [7, 11) is 1.48. The Morgan fingerprint density at radius 1 is 1.00 bits per heavy atom. The third-order valence-electron chi connectivity index (χ3n) is 4.24. The molecule has 0 N–H and O–H groups in total.